The first-order chi connectivity index (χ1) is 13.1. The summed E-state index contributed by atoms with van der Waals surface area (Å²) in [6.45, 7) is 5.36. The lowest BCUT2D eigenvalue weighted by molar-refractivity contribution is 0.0952. The predicted octanol–water partition coefficient (Wildman–Crippen LogP) is 4.16. The number of hydrogen-bond donors (Lipinski definition) is 1. The van der Waals surface area contributed by atoms with Crippen molar-refractivity contribution in [1.82, 2.24) is 14.9 Å². The van der Waals surface area contributed by atoms with Crippen molar-refractivity contribution in [2.24, 2.45) is 0 Å². The number of rotatable bonds is 8. The maximum absolute atomic E-state index is 12.3. The van der Waals surface area contributed by atoms with E-state index in [2.05, 4.69) is 14.9 Å². The van der Waals surface area contributed by atoms with Crippen LogP contribution in [0.15, 0.2) is 67.0 Å². The molecule has 5 nitrogen and oxygen atoms in total. The summed E-state index contributed by atoms with van der Waals surface area (Å²) in [5.74, 6) is 1.65. The van der Waals surface area contributed by atoms with E-state index in [1.807, 2.05) is 68.7 Å². The summed E-state index contributed by atoms with van der Waals surface area (Å²) in [4.78, 5) is 16.7. The zero-order valence-electron chi connectivity index (χ0n) is 15.8. The van der Waals surface area contributed by atoms with Crippen molar-refractivity contribution >= 4 is 5.91 Å². The second kappa shape index (κ2) is 9.03. The van der Waals surface area contributed by atoms with Crippen molar-refractivity contribution in [3.8, 4) is 17.1 Å². The molecule has 0 radical (unpaired) electrons. The van der Waals surface area contributed by atoms with Gasteiger partial charge < -0.3 is 14.6 Å². The number of amides is 1. The standard InChI is InChI=1S/C22H25N3O2/c1-17(2)27-20-11-9-19(10-12-20)22(26)24-13-6-15-25-16-14-23-21(25)18-7-4-3-5-8-18/h3-5,7-12,14,16-17H,6,13,15H2,1-2H3,(H,24,26). The molecule has 0 saturated carbocycles. The number of imidazole rings is 1. The molecule has 140 valence electrons. The molecule has 2 aromatic carbocycles. The largest absolute Gasteiger partial charge is 0.491 e. The molecule has 0 aliphatic rings. The molecular formula is C22H25N3O2. The molecule has 27 heavy (non-hydrogen) atoms. The lowest BCUT2D eigenvalue weighted by Gasteiger charge is -2.11. The smallest absolute Gasteiger partial charge is 0.251 e. The average molecular weight is 363 g/mol. The molecule has 0 aliphatic carbocycles. The molecule has 3 rings (SSSR count). The monoisotopic (exact) mass is 363 g/mol. The molecule has 3 aromatic rings. The molecular weight excluding hydrogens is 338 g/mol. The van der Waals surface area contributed by atoms with Gasteiger partial charge in [-0.15, -0.1) is 0 Å². The number of carbonyl (C=O) groups excluding carboxylic acids is 1. The number of nitrogens with zero attached hydrogens (tertiary/aromatic N) is 2. The van der Waals surface area contributed by atoms with Crippen LogP contribution in [0.4, 0.5) is 0 Å². The summed E-state index contributed by atoms with van der Waals surface area (Å²) in [5, 5.41) is 2.97. The van der Waals surface area contributed by atoms with E-state index >= 15 is 0 Å². The van der Waals surface area contributed by atoms with Crippen LogP contribution < -0.4 is 10.1 Å². The average Bonchev–Trinajstić information content (AvgIpc) is 3.14. The molecule has 0 aliphatic heterocycles. The van der Waals surface area contributed by atoms with Crippen LogP contribution in [0.2, 0.25) is 0 Å². The van der Waals surface area contributed by atoms with Crippen molar-refractivity contribution in [1.29, 1.82) is 0 Å². The zero-order chi connectivity index (χ0) is 19.1. The van der Waals surface area contributed by atoms with Gasteiger partial charge in [-0.3, -0.25) is 4.79 Å². The third-order valence-corrected chi connectivity index (χ3v) is 4.10. The number of carbonyl (C=O) groups is 1. The van der Waals surface area contributed by atoms with E-state index in [0.29, 0.717) is 12.1 Å². The summed E-state index contributed by atoms with van der Waals surface area (Å²) < 4.78 is 7.71. The molecule has 5 heteroatoms. The van der Waals surface area contributed by atoms with Gasteiger partial charge >= 0.3 is 0 Å². The van der Waals surface area contributed by atoms with Gasteiger partial charge in [0.25, 0.3) is 5.91 Å². The van der Waals surface area contributed by atoms with Crippen LogP contribution >= 0.6 is 0 Å². The van der Waals surface area contributed by atoms with Gasteiger partial charge in [0.15, 0.2) is 0 Å². The third kappa shape index (κ3) is 5.20. The van der Waals surface area contributed by atoms with E-state index in [0.717, 1.165) is 30.1 Å². The highest BCUT2D eigenvalue weighted by atomic mass is 16.5. The van der Waals surface area contributed by atoms with Crippen molar-refractivity contribution in [3.63, 3.8) is 0 Å². The Kier molecular flexibility index (Phi) is 6.26. The van der Waals surface area contributed by atoms with Crippen LogP contribution in [-0.2, 0) is 6.54 Å². The van der Waals surface area contributed by atoms with Crippen LogP contribution in [0, 0.1) is 0 Å². The van der Waals surface area contributed by atoms with Gasteiger partial charge in [-0.2, -0.15) is 0 Å². The lowest BCUT2D eigenvalue weighted by atomic mass is 10.2. The third-order valence-electron chi connectivity index (χ3n) is 4.10. The highest BCUT2D eigenvalue weighted by Crippen LogP contribution is 2.17. The molecule has 0 unspecified atom stereocenters. The van der Waals surface area contributed by atoms with Gasteiger partial charge in [-0.05, 0) is 44.5 Å². The minimum atomic E-state index is -0.0694. The molecule has 0 saturated heterocycles. The summed E-state index contributed by atoms with van der Waals surface area (Å²) in [7, 11) is 0. The van der Waals surface area contributed by atoms with E-state index in [1.165, 1.54) is 0 Å². The number of benzene rings is 2. The zero-order valence-corrected chi connectivity index (χ0v) is 15.8. The normalized spacial score (nSPS) is 10.8. The Morgan fingerprint density at radius 1 is 1.11 bits per heavy atom. The summed E-state index contributed by atoms with van der Waals surface area (Å²) in [5.41, 5.74) is 1.73. The summed E-state index contributed by atoms with van der Waals surface area (Å²) in [6, 6.07) is 17.3. The first kappa shape index (κ1) is 18.7. The second-order valence-electron chi connectivity index (χ2n) is 6.61. The fourth-order valence-corrected chi connectivity index (χ4v) is 2.85. The van der Waals surface area contributed by atoms with Crippen LogP contribution in [-0.4, -0.2) is 28.1 Å². The highest BCUT2D eigenvalue weighted by molar-refractivity contribution is 5.94. The summed E-state index contributed by atoms with van der Waals surface area (Å²) in [6.07, 6.45) is 4.73. The van der Waals surface area contributed by atoms with Gasteiger partial charge in [-0.25, -0.2) is 4.98 Å². The van der Waals surface area contributed by atoms with E-state index < -0.39 is 0 Å². The number of hydrogen-bond acceptors (Lipinski definition) is 3. The van der Waals surface area contributed by atoms with E-state index in [1.54, 1.807) is 12.1 Å². The van der Waals surface area contributed by atoms with Crippen molar-refractivity contribution in [3.05, 3.63) is 72.6 Å². The predicted molar refractivity (Wildman–Crippen MR) is 107 cm³/mol. The second-order valence-corrected chi connectivity index (χ2v) is 6.61. The summed E-state index contributed by atoms with van der Waals surface area (Å²) >= 11 is 0. The van der Waals surface area contributed by atoms with Crippen molar-refractivity contribution in [2.45, 2.75) is 32.9 Å². The van der Waals surface area contributed by atoms with E-state index in [9.17, 15) is 4.79 Å². The molecule has 1 N–H and O–H groups in total. The highest BCUT2D eigenvalue weighted by Gasteiger charge is 2.07. The van der Waals surface area contributed by atoms with Gasteiger partial charge in [-0.1, -0.05) is 30.3 Å². The Morgan fingerprint density at radius 3 is 2.56 bits per heavy atom. The minimum Gasteiger partial charge on any atom is -0.491 e. The number of nitrogens with one attached hydrogen (secondary N) is 1. The van der Waals surface area contributed by atoms with E-state index in [4.69, 9.17) is 4.74 Å². The van der Waals surface area contributed by atoms with Gasteiger partial charge in [0.1, 0.15) is 11.6 Å². The molecule has 0 atom stereocenters. The minimum absolute atomic E-state index is 0.0694. The number of aryl methyl sites for hydroxylation is 1. The molecule has 1 heterocycles. The SMILES string of the molecule is CC(C)Oc1ccc(C(=O)NCCCn2ccnc2-c2ccccc2)cc1. The first-order valence-corrected chi connectivity index (χ1v) is 9.25. The van der Waals surface area contributed by atoms with Crippen LogP contribution in [0.3, 0.4) is 0 Å². The van der Waals surface area contributed by atoms with Gasteiger partial charge in [0.05, 0.1) is 6.10 Å². The Bertz CT molecular complexity index is 855. The Morgan fingerprint density at radius 2 is 1.85 bits per heavy atom. The topological polar surface area (TPSA) is 56.1 Å². The Labute approximate surface area is 160 Å². The maximum atomic E-state index is 12.3. The van der Waals surface area contributed by atoms with Crippen LogP contribution in [0.1, 0.15) is 30.6 Å². The lowest BCUT2D eigenvalue weighted by Crippen LogP contribution is -2.25. The number of aromatic nitrogens is 2. The Balaban J connectivity index is 1.48. The van der Waals surface area contributed by atoms with Crippen LogP contribution in [0.5, 0.6) is 5.75 Å². The molecule has 0 bridgehead atoms. The quantitative estimate of drug-likeness (QED) is 0.612. The Hall–Kier alpha value is -3.08. The fraction of sp³-hybridized carbons (Fsp3) is 0.273. The van der Waals surface area contributed by atoms with Crippen molar-refractivity contribution in [2.75, 3.05) is 6.54 Å². The first-order valence-electron chi connectivity index (χ1n) is 9.25. The molecule has 1 amide bonds. The maximum Gasteiger partial charge on any atom is 0.251 e. The molecule has 0 fully saturated rings. The number of ether oxygens (including phenoxy) is 1. The molecule has 0 spiro atoms. The van der Waals surface area contributed by atoms with Crippen LogP contribution in [0.25, 0.3) is 11.4 Å². The molecule has 1 aromatic heterocycles. The van der Waals surface area contributed by atoms with Crippen molar-refractivity contribution < 1.29 is 9.53 Å². The van der Waals surface area contributed by atoms with Gasteiger partial charge in [0, 0.05) is 36.6 Å². The van der Waals surface area contributed by atoms with Gasteiger partial charge in [0.2, 0.25) is 0 Å². The van der Waals surface area contributed by atoms with E-state index in [-0.39, 0.29) is 12.0 Å². The fourth-order valence-electron chi connectivity index (χ4n) is 2.85.